The Morgan fingerprint density at radius 1 is 1.56 bits per heavy atom. The summed E-state index contributed by atoms with van der Waals surface area (Å²) in [6.07, 6.45) is 1.77. The molecule has 0 aromatic carbocycles. The third kappa shape index (κ3) is 1.80. The van der Waals surface area contributed by atoms with Crippen LogP contribution in [0, 0.1) is 11.7 Å². The van der Waals surface area contributed by atoms with E-state index in [1.54, 1.807) is 6.92 Å². The molecule has 16 heavy (non-hydrogen) atoms. The summed E-state index contributed by atoms with van der Waals surface area (Å²) in [4.78, 5) is 24.1. The molecule has 2 rings (SSSR count). The standard InChI is InChI=1S/C10H13FN2O3/c1-5(14)6-2-7(3-6)13-4-8(11)9(15)12-10(13)16/h4-7,14H,2-3H2,1H3,(H,12,15,16). The molecule has 5 nitrogen and oxygen atoms in total. The quantitative estimate of drug-likeness (QED) is 0.748. The highest BCUT2D eigenvalue weighted by molar-refractivity contribution is 4.94. The van der Waals surface area contributed by atoms with Gasteiger partial charge in [0.2, 0.25) is 5.82 Å². The third-order valence-corrected chi connectivity index (χ3v) is 3.15. The summed E-state index contributed by atoms with van der Waals surface area (Å²) in [6, 6.07) is -0.126. The van der Waals surface area contributed by atoms with Gasteiger partial charge in [-0.1, -0.05) is 0 Å². The number of nitrogens with one attached hydrogen (secondary N) is 1. The number of aromatic nitrogens is 2. The lowest BCUT2D eigenvalue weighted by atomic mass is 9.77. The topological polar surface area (TPSA) is 75.1 Å². The van der Waals surface area contributed by atoms with Gasteiger partial charge in [0.05, 0.1) is 12.3 Å². The zero-order valence-corrected chi connectivity index (χ0v) is 8.81. The van der Waals surface area contributed by atoms with Crippen molar-refractivity contribution in [1.29, 1.82) is 0 Å². The molecule has 0 spiro atoms. The van der Waals surface area contributed by atoms with Crippen molar-refractivity contribution in [2.75, 3.05) is 0 Å². The van der Waals surface area contributed by atoms with Crippen LogP contribution in [0.4, 0.5) is 4.39 Å². The van der Waals surface area contributed by atoms with Crippen LogP contribution >= 0.6 is 0 Å². The van der Waals surface area contributed by atoms with E-state index >= 15 is 0 Å². The zero-order valence-electron chi connectivity index (χ0n) is 8.81. The number of hydrogen-bond donors (Lipinski definition) is 2. The van der Waals surface area contributed by atoms with Gasteiger partial charge in [-0.3, -0.25) is 14.3 Å². The molecule has 1 aliphatic carbocycles. The first kappa shape index (κ1) is 11.1. The molecule has 88 valence electrons. The van der Waals surface area contributed by atoms with Crippen LogP contribution in [0.25, 0.3) is 0 Å². The molecule has 0 amide bonds. The van der Waals surface area contributed by atoms with E-state index in [1.165, 1.54) is 4.57 Å². The molecular weight excluding hydrogens is 215 g/mol. The van der Waals surface area contributed by atoms with Crippen molar-refractivity contribution in [3.63, 3.8) is 0 Å². The second-order valence-corrected chi connectivity index (χ2v) is 4.27. The molecule has 6 heteroatoms. The predicted molar refractivity (Wildman–Crippen MR) is 54.7 cm³/mol. The molecule has 1 heterocycles. The molecule has 0 saturated heterocycles. The van der Waals surface area contributed by atoms with Crippen molar-refractivity contribution in [2.45, 2.75) is 31.9 Å². The van der Waals surface area contributed by atoms with E-state index < -0.39 is 23.2 Å². The van der Waals surface area contributed by atoms with Gasteiger partial charge in [0.1, 0.15) is 0 Å². The minimum Gasteiger partial charge on any atom is -0.393 e. The van der Waals surface area contributed by atoms with Gasteiger partial charge < -0.3 is 5.11 Å². The molecule has 0 aliphatic heterocycles. The molecule has 1 fully saturated rings. The third-order valence-electron chi connectivity index (χ3n) is 3.15. The number of aliphatic hydroxyl groups excluding tert-OH is 1. The minimum atomic E-state index is -0.993. The number of rotatable bonds is 2. The zero-order chi connectivity index (χ0) is 11.9. The van der Waals surface area contributed by atoms with E-state index in [0.717, 1.165) is 6.20 Å². The number of H-pyrrole nitrogens is 1. The van der Waals surface area contributed by atoms with Crippen LogP contribution in [0.3, 0.4) is 0 Å². The fourth-order valence-electron chi connectivity index (χ4n) is 1.98. The summed E-state index contributed by atoms with van der Waals surface area (Å²) >= 11 is 0. The van der Waals surface area contributed by atoms with Crippen LogP contribution in [-0.4, -0.2) is 20.8 Å². The summed E-state index contributed by atoms with van der Waals surface area (Å²) in [5.41, 5.74) is -1.59. The summed E-state index contributed by atoms with van der Waals surface area (Å²) in [5.74, 6) is -0.813. The van der Waals surface area contributed by atoms with Crippen molar-refractivity contribution in [3.8, 4) is 0 Å². The maximum absolute atomic E-state index is 13.0. The van der Waals surface area contributed by atoms with Crippen molar-refractivity contribution in [1.82, 2.24) is 9.55 Å². The molecule has 1 aliphatic rings. The van der Waals surface area contributed by atoms with E-state index in [4.69, 9.17) is 0 Å². The fourth-order valence-corrected chi connectivity index (χ4v) is 1.98. The largest absolute Gasteiger partial charge is 0.393 e. The lowest BCUT2D eigenvalue weighted by molar-refractivity contribution is 0.0425. The molecule has 1 atom stereocenters. The highest BCUT2D eigenvalue weighted by atomic mass is 19.1. The highest BCUT2D eigenvalue weighted by Crippen LogP contribution is 2.38. The molecule has 1 aromatic heterocycles. The average molecular weight is 228 g/mol. The fraction of sp³-hybridized carbons (Fsp3) is 0.600. The van der Waals surface area contributed by atoms with Crippen molar-refractivity contribution in [3.05, 3.63) is 32.9 Å². The van der Waals surface area contributed by atoms with Crippen LogP contribution in [0.5, 0.6) is 0 Å². The Morgan fingerprint density at radius 2 is 2.19 bits per heavy atom. The first-order chi connectivity index (χ1) is 7.49. The molecular formula is C10H13FN2O3. The van der Waals surface area contributed by atoms with Crippen LogP contribution in [0.2, 0.25) is 0 Å². The van der Waals surface area contributed by atoms with Gasteiger partial charge in [0.15, 0.2) is 0 Å². The molecule has 1 aromatic rings. The predicted octanol–water partition coefficient (Wildman–Crippen LogP) is 0.00760. The van der Waals surface area contributed by atoms with Crippen molar-refractivity contribution in [2.24, 2.45) is 5.92 Å². The molecule has 1 unspecified atom stereocenters. The summed E-state index contributed by atoms with van der Waals surface area (Å²) in [5, 5.41) is 9.29. The Hall–Kier alpha value is -1.43. The number of hydrogen-bond acceptors (Lipinski definition) is 3. The Balaban J connectivity index is 2.21. The molecule has 1 saturated carbocycles. The number of aromatic amines is 1. The molecule has 0 bridgehead atoms. The lowest BCUT2D eigenvalue weighted by Crippen LogP contribution is -2.41. The summed E-state index contributed by atoms with van der Waals surface area (Å²) in [6.45, 7) is 1.69. The normalized spacial score (nSPS) is 26.2. The van der Waals surface area contributed by atoms with Crippen LogP contribution in [0.15, 0.2) is 15.8 Å². The minimum absolute atomic E-state index is 0.126. The lowest BCUT2D eigenvalue weighted by Gasteiger charge is -2.37. The Labute approximate surface area is 90.5 Å². The second-order valence-electron chi connectivity index (χ2n) is 4.27. The summed E-state index contributed by atoms with van der Waals surface area (Å²) < 4.78 is 14.2. The number of aliphatic hydroxyl groups is 1. The number of nitrogens with zero attached hydrogens (tertiary/aromatic N) is 1. The van der Waals surface area contributed by atoms with Crippen molar-refractivity contribution >= 4 is 0 Å². The van der Waals surface area contributed by atoms with E-state index in [-0.39, 0.29) is 12.0 Å². The molecule has 0 radical (unpaired) electrons. The van der Waals surface area contributed by atoms with Gasteiger partial charge in [-0.05, 0) is 25.7 Å². The van der Waals surface area contributed by atoms with Gasteiger partial charge in [-0.15, -0.1) is 0 Å². The van der Waals surface area contributed by atoms with Crippen LogP contribution in [-0.2, 0) is 0 Å². The van der Waals surface area contributed by atoms with Gasteiger partial charge in [-0.2, -0.15) is 4.39 Å². The smallest absolute Gasteiger partial charge is 0.328 e. The first-order valence-electron chi connectivity index (χ1n) is 5.18. The molecule has 2 N–H and O–H groups in total. The number of halogens is 1. The SMILES string of the molecule is CC(O)C1CC(n2cc(F)c(=O)[nH]c2=O)C1. The monoisotopic (exact) mass is 228 g/mol. The average Bonchev–Trinajstić information content (AvgIpc) is 2.10. The van der Waals surface area contributed by atoms with Crippen molar-refractivity contribution < 1.29 is 9.50 Å². The van der Waals surface area contributed by atoms with E-state index in [1.807, 2.05) is 4.98 Å². The van der Waals surface area contributed by atoms with Gasteiger partial charge >= 0.3 is 5.69 Å². The van der Waals surface area contributed by atoms with E-state index in [2.05, 4.69) is 0 Å². The van der Waals surface area contributed by atoms with Gasteiger partial charge in [-0.25, -0.2) is 4.79 Å². The van der Waals surface area contributed by atoms with Gasteiger partial charge in [0, 0.05) is 6.04 Å². The van der Waals surface area contributed by atoms with E-state index in [9.17, 15) is 19.1 Å². The van der Waals surface area contributed by atoms with E-state index in [0.29, 0.717) is 12.8 Å². The maximum Gasteiger partial charge on any atom is 0.328 e. The Morgan fingerprint density at radius 3 is 2.75 bits per heavy atom. The Bertz CT molecular complexity index is 500. The second kappa shape index (κ2) is 3.86. The van der Waals surface area contributed by atoms with Gasteiger partial charge in [0.25, 0.3) is 5.56 Å². The first-order valence-corrected chi connectivity index (χ1v) is 5.18. The maximum atomic E-state index is 13.0. The summed E-state index contributed by atoms with van der Waals surface area (Å²) in [7, 11) is 0. The Kier molecular flexibility index (Phi) is 2.67. The van der Waals surface area contributed by atoms with Crippen LogP contribution < -0.4 is 11.2 Å². The van der Waals surface area contributed by atoms with Crippen LogP contribution in [0.1, 0.15) is 25.8 Å². The highest BCUT2D eigenvalue weighted by Gasteiger charge is 2.34.